The Balaban J connectivity index is 2.55. The lowest BCUT2D eigenvalue weighted by atomic mass is 10.3. The molecule has 62 valence electrons. The van der Waals surface area contributed by atoms with E-state index in [4.69, 9.17) is 21.9 Å². The van der Waals surface area contributed by atoms with Gasteiger partial charge in [0.1, 0.15) is 5.02 Å². The predicted octanol–water partition coefficient (Wildman–Crippen LogP) is 2.64. The number of halogens is 1. The third kappa shape index (κ3) is 1.09. The number of nitrogen functional groups attached to an aromatic ring is 1. The molecule has 5 heteroatoms. The van der Waals surface area contributed by atoms with E-state index in [1.807, 2.05) is 16.8 Å². The van der Waals surface area contributed by atoms with Crippen LogP contribution in [0.25, 0.3) is 11.3 Å². The summed E-state index contributed by atoms with van der Waals surface area (Å²) in [7, 11) is 0. The largest absolute Gasteiger partial charge is 0.380 e. The monoisotopic (exact) mass is 200 g/mol. The van der Waals surface area contributed by atoms with Gasteiger partial charge in [-0.25, -0.2) is 0 Å². The van der Waals surface area contributed by atoms with E-state index in [0.717, 1.165) is 5.56 Å². The Labute approximate surface area is 77.7 Å². The van der Waals surface area contributed by atoms with Crippen molar-refractivity contribution in [1.29, 1.82) is 0 Å². The SMILES string of the molecule is Nc1noc(-c2ccsc2)c1Cl. The fraction of sp³-hybridized carbons (Fsp3) is 0. The summed E-state index contributed by atoms with van der Waals surface area (Å²) in [6, 6.07) is 1.90. The van der Waals surface area contributed by atoms with Gasteiger partial charge in [-0.15, -0.1) is 0 Å². The quantitative estimate of drug-likeness (QED) is 0.770. The van der Waals surface area contributed by atoms with Gasteiger partial charge >= 0.3 is 0 Å². The van der Waals surface area contributed by atoms with E-state index in [1.54, 1.807) is 11.3 Å². The molecule has 0 spiro atoms. The molecular weight excluding hydrogens is 196 g/mol. The molecule has 0 unspecified atom stereocenters. The molecule has 12 heavy (non-hydrogen) atoms. The summed E-state index contributed by atoms with van der Waals surface area (Å²) in [5, 5.41) is 7.79. The highest BCUT2D eigenvalue weighted by Crippen LogP contribution is 2.32. The van der Waals surface area contributed by atoms with E-state index in [0.29, 0.717) is 10.8 Å². The van der Waals surface area contributed by atoms with Gasteiger partial charge in [-0.3, -0.25) is 0 Å². The average molecular weight is 201 g/mol. The first-order valence-electron chi connectivity index (χ1n) is 3.22. The molecule has 0 aromatic carbocycles. The van der Waals surface area contributed by atoms with Crippen molar-refractivity contribution in [2.45, 2.75) is 0 Å². The van der Waals surface area contributed by atoms with Crippen molar-refractivity contribution in [3.05, 3.63) is 21.8 Å². The molecule has 2 rings (SSSR count). The van der Waals surface area contributed by atoms with Gasteiger partial charge in [0.15, 0.2) is 11.6 Å². The van der Waals surface area contributed by atoms with E-state index in [2.05, 4.69) is 5.16 Å². The van der Waals surface area contributed by atoms with E-state index < -0.39 is 0 Å². The molecule has 3 nitrogen and oxygen atoms in total. The summed E-state index contributed by atoms with van der Waals surface area (Å²) in [5.74, 6) is 0.772. The van der Waals surface area contributed by atoms with Gasteiger partial charge < -0.3 is 10.3 Å². The van der Waals surface area contributed by atoms with Crippen molar-refractivity contribution in [2.75, 3.05) is 5.73 Å². The molecule has 0 bridgehead atoms. The van der Waals surface area contributed by atoms with Crippen LogP contribution in [0.4, 0.5) is 5.82 Å². The van der Waals surface area contributed by atoms with E-state index >= 15 is 0 Å². The summed E-state index contributed by atoms with van der Waals surface area (Å²) in [5.41, 5.74) is 6.32. The molecule has 0 fully saturated rings. The first-order valence-corrected chi connectivity index (χ1v) is 4.54. The molecular formula is C7H5ClN2OS. The Morgan fingerprint density at radius 1 is 1.58 bits per heavy atom. The normalized spacial score (nSPS) is 10.4. The van der Waals surface area contributed by atoms with Crippen molar-refractivity contribution in [3.8, 4) is 11.3 Å². The molecule has 0 aliphatic heterocycles. The summed E-state index contributed by atoms with van der Waals surface area (Å²) < 4.78 is 4.94. The van der Waals surface area contributed by atoms with Gasteiger partial charge in [0.25, 0.3) is 0 Å². The Morgan fingerprint density at radius 3 is 2.92 bits per heavy atom. The topological polar surface area (TPSA) is 52.0 Å². The number of thiophene rings is 1. The van der Waals surface area contributed by atoms with Crippen molar-refractivity contribution in [3.63, 3.8) is 0 Å². The second-order valence-corrected chi connectivity index (χ2v) is 3.38. The van der Waals surface area contributed by atoms with Crippen LogP contribution in [0.3, 0.4) is 0 Å². The molecule has 0 saturated carbocycles. The van der Waals surface area contributed by atoms with Crippen LogP contribution in [-0.4, -0.2) is 5.16 Å². The smallest absolute Gasteiger partial charge is 0.188 e. The van der Waals surface area contributed by atoms with Gasteiger partial charge in [-0.2, -0.15) is 11.3 Å². The van der Waals surface area contributed by atoms with Gasteiger partial charge in [0.2, 0.25) is 0 Å². The lowest BCUT2D eigenvalue weighted by Gasteiger charge is -1.87. The molecule has 0 aliphatic rings. The first-order chi connectivity index (χ1) is 5.79. The van der Waals surface area contributed by atoms with Crippen LogP contribution in [-0.2, 0) is 0 Å². The minimum absolute atomic E-state index is 0.234. The zero-order valence-corrected chi connectivity index (χ0v) is 7.52. The second-order valence-electron chi connectivity index (χ2n) is 2.22. The van der Waals surface area contributed by atoms with Gasteiger partial charge in [-0.05, 0) is 11.4 Å². The van der Waals surface area contributed by atoms with Crippen LogP contribution in [0, 0.1) is 0 Å². The highest BCUT2D eigenvalue weighted by Gasteiger charge is 2.12. The number of hydrogen-bond donors (Lipinski definition) is 1. The van der Waals surface area contributed by atoms with Crippen LogP contribution < -0.4 is 5.73 Å². The maximum Gasteiger partial charge on any atom is 0.188 e. The van der Waals surface area contributed by atoms with Crippen LogP contribution in [0.2, 0.25) is 5.02 Å². The number of nitrogens with zero attached hydrogens (tertiary/aromatic N) is 1. The molecule has 2 N–H and O–H groups in total. The number of rotatable bonds is 1. The standard InChI is InChI=1S/C7H5ClN2OS/c8-5-6(11-10-7(5)9)4-1-2-12-3-4/h1-3H,(H2,9,10). The third-order valence-electron chi connectivity index (χ3n) is 1.44. The van der Waals surface area contributed by atoms with Gasteiger partial charge in [-0.1, -0.05) is 16.8 Å². The maximum absolute atomic E-state index is 5.82. The van der Waals surface area contributed by atoms with Crippen LogP contribution in [0.5, 0.6) is 0 Å². The molecule has 2 heterocycles. The summed E-state index contributed by atoms with van der Waals surface area (Å²) in [6.45, 7) is 0. The summed E-state index contributed by atoms with van der Waals surface area (Å²) in [6.07, 6.45) is 0. The van der Waals surface area contributed by atoms with Gasteiger partial charge in [0, 0.05) is 10.9 Å². The van der Waals surface area contributed by atoms with E-state index in [1.165, 1.54) is 0 Å². The molecule has 0 atom stereocenters. The summed E-state index contributed by atoms with van der Waals surface area (Å²) >= 11 is 7.39. The van der Waals surface area contributed by atoms with Crippen molar-refractivity contribution >= 4 is 28.8 Å². The lowest BCUT2D eigenvalue weighted by molar-refractivity contribution is 0.436. The Kier molecular flexibility index (Phi) is 1.78. The fourth-order valence-electron chi connectivity index (χ4n) is 0.864. The minimum atomic E-state index is 0.234. The average Bonchev–Trinajstić information content (AvgIpc) is 2.64. The van der Waals surface area contributed by atoms with Crippen molar-refractivity contribution in [2.24, 2.45) is 0 Å². The third-order valence-corrected chi connectivity index (χ3v) is 2.49. The van der Waals surface area contributed by atoms with E-state index in [-0.39, 0.29) is 5.82 Å². The second kappa shape index (κ2) is 2.80. The minimum Gasteiger partial charge on any atom is -0.380 e. The Bertz CT molecular complexity index is 382. The highest BCUT2D eigenvalue weighted by molar-refractivity contribution is 7.08. The van der Waals surface area contributed by atoms with Crippen LogP contribution in [0.15, 0.2) is 21.3 Å². The highest BCUT2D eigenvalue weighted by atomic mass is 35.5. The zero-order valence-electron chi connectivity index (χ0n) is 5.95. The molecule has 2 aromatic rings. The predicted molar refractivity (Wildman–Crippen MR) is 49.2 cm³/mol. The van der Waals surface area contributed by atoms with E-state index in [9.17, 15) is 0 Å². The number of nitrogens with two attached hydrogens (primary N) is 1. The molecule has 2 aromatic heterocycles. The molecule has 0 radical (unpaired) electrons. The van der Waals surface area contributed by atoms with Crippen LogP contribution in [0.1, 0.15) is 0 Å². The first kappa shape index (κ1) is 7.64. The fourth-order valence-corrected chi connectivity index (χ4v) is 1.68. The Morgan fingerprint density at radius 2 is 2.42 bits per heavy atom. The van der Waals surface area contributed by atoms with Crippen molar-refractivity contribution < 1.29 is 4.52 Å². The molecule has 0 saturated heterocycles. The number of hydrogen-bond acceptors (Lipinski definition) is 4. The molecule has 0 aliphatic carbocycles. The van der Waals surface area contributed by atoms with Gasteiger partial charge in [0.05, 0.1) is 0 Å². The number of anilines is 1. The zero-order chi connectivity index (χ0) is 8.55. The molecule has 0 amide bonds. The maximum atomic E-state index is 5.82. The van der Waals surface area contributed by atoms with Crippen LogP contribution >= 0.6 is 22.9 Å². The summed E-state index contributed by atoms with van der Waals surface area (Å²) in [4.78, 5) is 0. The lowest BCUT2D eigenvalue weighted by Crippen LogP contribution is -1.82. The number of aromatic nitrogens is 1. The Hall–Kier alpha value is -1.00. The van der Waals surface area contributed by atoms with Crippen molar-refractivity contribution in [1.82, 2.24) is 5.16 Å².